The molecule has 2 fully saturated rings. The van der Waals surface area contributed by atoms with Gasteiger partial charge in [-0.25, -0.2) is 9.97 Å². The Morgan fingerprint density at radius 2 is 2.11 bits per heavy atom. The number of hydrogen-bond donors (Lipinski definition) is 0. The molecular formula is C13H17F2N3O. The third-order valence-electron chi connectivity index (χ3n) is 3.56. The van der Waals surface area contributed by atoms with E-state index in [0.717, 1.165) is 30.2 Å². The Hall–Kier alpha value is -1.30. The van der Waals surface area contributed by atoms with Gasteiger partial charge < -0.3 is 9.64 Å². The Bertz CT molecular complexity index is 465. The zero-order valence-electron chi connectivity index (χ0n) is 10.9. The molecule has 0 spiro atoms. The van der Waals surface area contributed by atoms with E-state index in [1.54, 1.807) is 0 Å². The van der Waals surface area contributed by atoms with Gasteiger partial charge in [0, 0.05) is 30.8 Å². The lowest BCUT2D eigenvalue weighted by Gasteiger charge is -2.18. The van der Waals surface area contributed by atoms with Gasteiger partial charge in [0.15, 0.2) is 0 Å². The number of alkyl halides is 2. The number of halogens is 2. The second-order valence-corrected chi connectivity index (χ2v) is 5.25. The van der Waals surface area contributed by atoms with E-state index in [2.05, 4.69) is 14.7 Å². The molecule has 0 bridgehead atoms. The number of anilines is 1. The quantitative estimate of drug-likeness (QED) is 0.841. The van der Waals surface area contributed by atoms with Crippen molar-refractivity contribution in [2.75, 3.05) is 18.0 Å². The van der Waals surface area contributed by atoms with Crippen LogP contribution >= 0.6 is 0 Å². The second kappa shape index (κ2) is 5.00. The Kier molecular flexibility index (Phi) is 3.35. The van der Waals surface area contributed by atoms with Crippen molar-refractivity contribution in [1.82, 2.24) is 9.97 Å². The molecule has 0 aromatic carbocycles. The molecule has 0 radical (unpaired) electrons. The maximum atomic E-state index is 12.2. The molecular weight excluding hydrogens is 252 g/mol. The lowest BCUT2D eigenvalue weighted by molar-refractivity contribution is -0.156. The molecule has 1 aliphatic heterocycles. The summed E-state index contributed by atoms with van der Waals surface area (Å²) >= 11 is 0. The summed E-state index contributed by atoms with van der Waals surface area (Å²) in [5.41, 5.74) is 0.935. The molecule has 1 aromatic rings. The number of nitrogens with zero attached hydrogens (tertiary/aromatic N) is 3. The highest BCUT2D eigenvalue weighted by atomic mass is 19.3. The van der Waals surface area contributed by atoms with Gasteiger partial charge in [0.1, 0.15) is 11.6 Å². The zero-order chi connectivity index (χ0) is 13.4. The fourth-order valence-corrected chi connectivity index (χ4v) is 2.45. The van der Waals surface area contributed by atoms with E-state index in [1.807, 2.05) is 17.9 Å². The number of rotatable bonds is 4. The predicted octanol–water partition coefficient (Wildman–Crippen LogP) is 2.48. The average Bonchev–Trinajstić information content (AvgIpc) is 3.09. The molecule has 1 saturated carbocycles. The molecule has 3 rings (SSSR count). The summed E-state index contributed by atoms with van der Waals surface area (Å²) in [4.78, 5) is 11.0. The van der Waals surface area contributed by atoms with E-state index in [1.165, 1.54) is 0 Å². The third kappa shape index (κ3) is 3.00. The summed E-state index contributed by atoms with van der Waals surface area (Å²) in [5.74, 6) is 2.23. The van der Waals surface area contributed by atoms with Crippen molar-refractivity contribution in [1.29, 1.82) is 0 Å². The first-order valence-corrected chi connectivity index (χ1v) is 6.66. The number of aromatic nitrogens is 2. The fraction of sp³-hybridized carbons (Fsp3) is 0.692. The maximum Gasteiger partial charge on any atom is 0.345 e. The van der Waals surface area contributed by atoms with E-state index >= 15 is 0 Å². The van der Waals surface area contributed by atoms with Crippen molar-refractivity contribution in [3.8, 4) is 0 Å². The summed E-state index contributed by atoms with van der Waals surface area (Å²) in [7, 11) is 0. The van der Waals surface area contributed by atoms with Gasteiger partial charge in [-0.3, -0.25) is 0 Å². The first-order valence-electron chi connectivity index (χ1n) is 6.66. The van der Waals surface area contributed by atoms with Crippen LogP contribution in [0.25, 0.3) is 0 Å². The highest BCUT2D eigenvalue weighted by Gasteiger charge is 2.30. The largest absolute Gasteiger partial charge is 0.354 e. The molecule has 0 N–H and O–H groups in total. The Labute approximate surface area is 110 Å². The van der Waals surface area contributed by atoms with Crippen LogP contribution in [0.2, 0.25) is 0 Å². The highest BCUT2D eigenvalue weighted by Crippen LogP contribution is 2.38. The molecule has 1 aliphatic carbocycles. The van der Waals surface area contributed by atoms with Crippen molar-refractivity contribution >= 4 is 5.82 Å². The molecule has 1 atom stereocenters. The zero-order valence-corrected chi connectivity index (χ0v) is 10.9. The Morgan fingerprint density at radius 3 is 2.79 bits per heavy atom. The SMILES string of the molecule is Cc1cc(N2CC[C@H](OC(F)F)C2)nc(C2CC2)n1. The first-order chi connectivity index (χ1) is 9.11. The van der Waals surface area contributed by atoms with Crippen LogP contribution in [0.5, 0.6) is 0 Å². The summed E-state index contributed by atoms with van der Waals surface area (Å²) in [6, 6.07) is 1.91. The van der Waals surface area contributed by atoms with Crippen molar-refractivity contribution in [3.63, 3.8) is 0 Å². The van der Waals surface area contributed by atoms with Crippen LogP contribution < -0.4 is 4.90 Å². The van der Waals surface area contributed by atoms with Crippen LogP contribution in [0.4, 0.5) is 14.6 Å². The topological polar surface area (TPSA) is 38.2 Å². The second-order valence-electron chi connectivity index (χ2n) is 5.25. The Morgan fingerprint density at radius 1 is 1.32 bits per heavy atom. The van der Waals surface area contributed by atoms with Gasteiger partial charge in [-0.05, 0) is 26.2 Å². The molecule has 2 heterocycles. The lowest BCUT2D eigenvalue weighted by Crippen LogP contribution is -2.25. The van der Waals surface area contributed by atoms with Gasteiger partial charge in [0.2, 0.25) is 0 Å². The van der Waals surface area contributed by atoms with Gasteiger partial charge >= 0.3 is 6.61 Å². The number of aryl methyl sites for hydroxylation is 1. The molecule has 104 valence electrons. The summed E-state index contributed by atoms with van der Waals surface area (Å²) in [5, 5.41) is 0. The van der Waals surface area contributed by atoms with E-state index in [9.17, 15) is 8.78 Å². The highest BCUT2D eigenvalue weighted by molar-refractivity contribution is 5.41. The normalized spacial score (nSPS) is 23.4. The molecule has 1 saturated heterocycles. The van der Waals surface area contributed by atoms with E-state index < -0.39 is 12.7 Å². The van der Waals surface area contributed by atoms with Gasteiger partial charge in [-0.2, -0.15) is 8.78 Å². The molecule has 0 amide bonds. The van der Waals surface area contributed by atoms with Crippen molar-refractivity contribution in [2.24, 2.45) is 0 Å². The maximum absolute atomic E-state index is 12.2. The summed E-state index contributed by atoms with van der Waals surface area (Å²) < 4.78 is 28.9. The minimum atomic E-state index is -2.70. The molecule has 4 nitrogen and oxygen atoms in total. The lowest BCUT2D eigenvalue weighted by atomic mass is 10.3. The standard InChI is InChI=1S/C13H17F2N3O/c1-8-6-11(17-12(16-8)9-2-3-9)18-5-4-10(7-18)19-13(14)15/h6,9-10,13H,2-5,7H2,1H3/t10-/m0/s1. The van der Waals surface area contributed by atoms with Crippen LogP contribution in [-0.2, 0) is 4.74 Å². The summed E-state index contributed by atoms with van der Waals surface area (Å²) in [6.07, 6.45) is 2.52. The van der Waals surface area contributed by atoms with Crippen LogP contribution in [0.1, 0.15) is 36.7 Å². The molecule has 0 unspecified atom stereocenters. The van der Waals surface area contributed by atoms with E-state index in [-0.39, 0.29) is 0 Å². The van der Waals surface area contributed by atoms with Crippen LogP contribution in [-0.4, -0.2) is 35.8 Å². The van der Waals surface area contributed by atoms with Gasteiger partial charge in [-0.15, -0.1) is 0 Å². The minimum absolute atomic E-state index is 0.403. The number of ether oxygens (including phenoxy) is 1. The van der Waals surface area contributed by atoms with Crippen molar-refractivity contribution in [2.45, 2.75) is 44.8 Å². The Balaban J connectivity index is 1.72. The molecule has 1 aromatic heterocycles. The smallest absolute Gasteiger partial charge is 0.345 e. The van der Waals surface area contributed by atoms with Crippen LogP contribution in [0.3, 0.4) is 0 Å². The van der Waals surface area contributed by atoms with Crippen LogP contribution in [0.15, 0.2) is 6.07 Å². The molecule has 6 heteroatoms. The number of hydrogen-bond acceptors (Lipinski definition) is 4. The van der Waals surface area contributed by atoms with Crippen molar-refractivity contribution < 1.29 is 13.5 Å². The average molecular weight is 269 g/mol. The van der Waals surface area contributed by atoms with Gasteiger partial charge in [0.25, 0.3) is 0 Å². The van der Waals surface area contributed by atoms with Crippen molar-refractivity contribution in [3.05, 3.63) is 17.6 Å². The van der Waals surface area contributed by atoms with E-state index in [4.69, 9.17) is 0 Å². The fourth-order valence-electron chi connectivity index (χ4n) is 2.45. The van der Waals surface area contributed by atoms with Gasteiger partial charge in [-0.1, -0.05) is 0 Å². The summed E-state index contributed by atoms with van der Waals surface area (Å²) in [6.45, 7) is 0.433. The minimum Gasteiger partial charge on any atom is -0.354 e. The third-order valence-corrected chi connectivity index (χ3v) is 3.56. The predicted molar refractivity (Wildman–Crippen MR) is 66.5 cm³/mol. The van der Waals surface area contributed by atoms with Crippen LogP contribution in [0, 0.1) is 6.92 Å². The molecule has 19 heavy (non-hydrogen) atoms. The molecule has 2 aliphatic rings. The monoisotopic (exact) mass is 269 g/mol. The van der Waals surface area contributed by atoms with E-state index in [0.29, 0.717) is 25.4 Å². The van der Waals surface area contributed by atoms with Gasteiger partial charge in [0.05, 0.1) is 6.10 Å². The first kappa shape index (κ1) is 12.7.